The maximum absolute atomic E-state index is 10.9. The van der Waals surface area contributed by atoms with Crippen LogP contribution < -0.4 is 0 Å². The number of furan rings is 1. The Labute approximate surface area is 101 Å². The van der Waals surface area contributed by atoms with Crippen molar-refractivity contribution in [1.29, 1.82) is 0 Å². The fourth-order valence-electron chi connectivity index (χ4n) is 2.43. The molecule has 2 unspecified atom stereocenters. The minimum absolute atomic E-state index is 0.278. The predicted octanol–water partition coefficient (Wildman–Crippen LogP) is 2.37. The lowest BCUT2D eigenvalue weighted by molar-refractivity contribution is 0.0695. The Morgan fingerprint density at radius 3 is 2.53 bits per heavy atom. The van der Waals surface area contributed by atoms with Crippen molar-refractivity contribution in [3.8, 4) is 0 Å². The molecule has 17 heavy (non-hydrogen) atoms. The summed E-state index contributed by atoms with van der Waals surface area (Å²) in [5, 5.41) is 8.95. The summed E-state index contributed by atoms with van der Waals surface area (Å²) in [4.78, 5) is 13.2. The summed E-state index contributed by atoms with van der Waals surface area (Å²) in [6.45, 7) is 9.03. The van der Waals surface area contributed by atoms with Crippen LogP contribution in [0.25, 0.3) is 0 Å². The molecule has 94 valence electrons. The topological polar surface area (TPSA) is 53.7 Å². The average molecular weight is 237 g/mol. The van der Waals surface area contributed by atoms with E-state index >= 15 is 0 Å². The Kier molecular flexibility index (Phi) is 3.24. The number of hydrogen-bond donors (Lipinski definition) is 1. The second-order valence-electron chi connectivity index (χ2n) is 5.14. The molecule has 2 atom stereocenters. The summed E-state index contributed by atoms with van der Waals surface area (Å²) in [6.07, 6.45) is 0. The van der Waals surface area contributed by atoms with E-state index in [1.807, 2.05) is 0 Å². The first kappa shape index (κ1) is 12.2. The molecule has 0 spiro atoms. The van der Waals surface area contributed by atoms with Crippen LogP contribution in [0.1, 0.15) is 35.7 Å². The van der Waals surface area contributed by atoms with E-state index in [9.17, 15) is 4.79 Å². The Hall–Kier alpha value is -1.29. The minimum Gasteiger partial charge on any atom is -0.478 e. The smallest absolute Gasteiger partial charge is 0.339 e. The van der Waals surface area contributed by atoms with Crippen LogP contribution in [0.2, 0.25) is 0 Å². The Morgan fingerprint density at radius 1 is 1.47 bits per heavy atom. The zero-order valence-corrected chi connectivity index (χ0v) is 10.6. The van der Waals surface area contributed by atoms with Gasteiger partial charge in [-0.05, 0) is 24.8 Å². The first-order valence-corrected chi connectivity index (χ1v) is 6.02. The fourth-order valence-corrected chi connectivity index (χ4v) is 2.43. The SMILES string of the molecule is Cc1oc(CN2CC(C)C(C)C2)cc1C(=O)O. The summed E-state index contributed by atoms with van der Waals surface area (Å²) < 4.78 is 5.49. The lowest BCUT2D eigenvalue weighted by atomic mass is 10.0. The van der Waals surface area contributed by atoms with Gasteiger partial charge in [-0.1, -0.05) is 13.8 Å². The third-order valence-corrected chi connectivity index (χ3v) is 3.64. The number of carboxylic acids is 1. The molecule has 2 rings (SSSR count). The highest BCUT2D eigenvalue weighted by atomic mass is 16.4. The van der Waals surface area contributed by atoms with Crippen LogP contribution in [-0.4, -0.2) is 29.1 Å². The molecule has 1 aromatic heterocycles. The van der Waals surface area contributed by atoms with Crippen molar-refractivity contribution in [3.63, 3.8) is 0 Å². The number of hydrogen-bond acceptors (Lipinski definition) is 3. The number of carbonyl (C=O) groups is 1. The predicted molar refractivity (Wildman–Crippen MR) is 64.0 cm³/mol. The van der Waals surface area contributed by atoms with Crippen molar-refractivity contribution < 1.29 is 14.3 Å². The van der Waals surface area contributed by atoms with E-state index in [0.717, 1.165) is 18.8 Å². The number of likely N-dealkylation sites (tertiary alicyclic amines) is 1. The van der Waals surface area contributed by atoms with E-state index in [1.54, 1.807) is 13.0 Å². The summed E-state index contributed by atoms with van der Waals surface area (Å²) in [5.74, 6) is 1.73. The molecule has 4 heteroatoms. The van der Waals surface area contributed by atoms with Crippen molar-refractivity contribution in [2.75, 3.05) is 13.1 Å². The largest absolute Gasteiger partial charge is 0.478 e. The van der Waals surface area contributed by atoms with Crippen LogP contribution in [0.4, 0.5) is 0 Å². The van der Waals surface area contributed by atoms with E-state index < -0.39 is 5.97 Å². The van der Waals surface area contributed by atoms with Gasteiger partial charge in [0.2, 0.25) is 0 Å². The highest BCUT2D eigenvalue weighted by molar-refractivity contribution is 5.88. The quantitative estimate of drug-likeness (QED) is 0.877. The van der Waals surface area contributed by atoms with Gasteiger partial charge in [-0.3, -0.25) is 4.90 Å². The number of aromatic carboxylic acids is 1. The Balaban J connectivity index is 2.05. The van der Waals surface area contributed by atoms with Gasteiger partial charge < -0.3 is 9.52 Å². The van der Waals surface area contributed by atoms with Gasteiger partial charge in [0, 0.05) is 13.1 Å². The van der Waals surface area contributed by atoms with Gasteiger partial charge in [-0.2, -0.15) is 0 Å². The molecular weight excluding hydrogens is 218 g/mol. The van der Waals surface area contributed by atoms with Crippen LogP contribution in [0.3, 0.4) is 0 Å². The first-order valence-electron chi connectivity index (χ1n) is 6.02. The molecule has 0 saturated carbocycles. The zero-order valence-electron chi connectivity index (χ0n) is 10.6. The monoisotopic (exact) mass is 237 g/mol. The molecule has 1 aliphatic heterocycles. The van der Waals surface area contributed by atoms with Crippen molar-refractivity contribution in [2.45, 2.75) is 27.3 Å². The molecule has 0 radical (unpaired) electrons. The summed E-state index contributed by atoms with van der Waals surface area (Å²) >= 11 is 0. The molecular formula is C13H19NO3. The number of aryl methyl sites for hydroxylation is 1. The molecule has 4 nitrogen and oxygen atoms in total. The van der Waals surface area contributed by atoms with Gasteiger partial charge in [-0.15, -0.1) is 0 Å². The molecule has 0 bridgehead atoms. The van der Waals surface area contributed by atoms with Gasteiger partial charge in [0.1, 0.15) is 17.1 Å². The lowest BCUT2D eigenvalue weighted by Gasteiger charge is -2.12. The molecule has 0 aromatic carbocycles. The number of nitrogens with zero attached hydrogens (tertiary/aromatic N) is 1. The van der Waals surface area contributed by atoms with Crippen LogP contribution in [0.15, 0.2) is 10.5 Å². The minimum atomic E-state index is -0.916. The summed E-state index contributed by atoms with van der Waals surface area (Å²) in [5.41, 5.74) is 0.278. The van der Waals surface area contributed by atoms with Crippen molar-refractivity contribution in [3.05, 3.63) is 23.2 Å². The second kappa shape index (κ2) is 4.53. The van der Waals surface area contributed by atoms with Crippen LogP contribution in [0.5, 0.6) is 0 Å². The molecule has 1 fully saturated rings. The Bertz CT molecular complexity index is 414. The summed E-state index contributed by atoms with van der Waals surface area (Å²) in [7, 11) is 0. The third kappa shape index (κ3) is 2.52. The maximum Gasteiger partial charge on any atom is 0.339 e. The molecule has 0 aliphatic carbocycles. The molecule has 1 N–H and O–H groups in total. The Morgan fingerprint density at radius 2 is 2.06 bits per heavy atom. The van der Waals surface area contributed by atoms with Crippen molar-refractivity contribution >= 4 is 5.97 Å². The third-order valence-electron chi connectivity index (χ3n) is 3.64. The van der Waals surface area contributed by atoms with Crippen LogP contribution in [0, 0.1) is 18.8 Å². The van der Waals surface area contributed by atoms with E-state index in [4.69, 9.17) is 9.52 Å². The van der Waals surface area contributed by atoms with Gasteiger partial charge in [0.25, 0.3) is 0 Å². The van der Waals surface area contributed by atoms with Crippen LogP contribution in [-0.2, 0) is 6.54 Å². The van der Waals surface area contributed by atoms with E-state index in [1.165, 1.54) is 0 Å². The highest BCUT2D eigenvalue weighted by Gasteiger charge is 2.27. The highest BCUT2D eigenvalue weighted by Crippen LogP contribution is 2.25. The number of carboxylic acid groups (broad SMARTS) is 1. The van der Waals surface area contributed by atoms with Gasteiger partial charge in [0.05, 0.1) is 6.54 Å². The number of rotatable bonds is 3. The maximum atomic E-state index is 10.9. The van der Waals surface area contributed by atoms with E-state index in [-0.39, 0.29) is 5.56 Å². The summed E-state index contributed by atoms with van der Waals surface area (Å²) in [6, 6.07) is 1.64. The normalized spacial score (nSPS) is 25.4. The van der Waals surface area contributed by atoms with Gasteiger partial charge in [0.15, 0.2) is 0 Å². The standard InChI is InChI=1S/C13H19NO3/c1-8-5-14(6-9(8)2)7-11-4-12(13(15)16)10(3)17-11/h4,8-9H,5-7H2,1-3H3,(H,15,16). The van der Waals surface area contributed by atoms with Crippen molar-refractivity contribution in [1.82, 2.24) is 4.90 Å². The van der Waals surface area contributed by atoms with E-state index in [2.05, 4.69) is 18.7 Å². The van der Waals surface area contributed by atoms with Gasteiger partial charge >= 0.3 is 5.97 Å². The second-order valence-corrected chi connectivity index (χ2v) is 5.14. The fraction of sp³-hybridized carbons (Fsp3) is 0.615. The molecule has 1 aliphatic rings. The average Bonchev–Trinajstić information content (AvgIpc) is 2.72. The van der Waals surface area contributed by atoms with Gasteiger partial charge in [-0.25, -0.2) is 4.79 Å². The molecule has 0 amide bonds. The molecule has 2 heterocycles. The van der Waals surface area contributed by atoms with Crippen LogP contribution >= 0.6 is 0 Å². The zero-order chi connectivity index (χ0) is 12.6. The van der Waals surface area contributed by atoms with E-state index in [0.29, 0.717) is 24.1 Å². The van der Waals surface area contributed by atoms with Crippen molar-refractivity contribution in [2.24, 2.45) is 11.8 Å². The lowest BCUT2D eigenvalue weighted by Crippen LogP contribution is -2.19. The first-order chi connectivity index (χ1) is 7.97. The molecule has 1 saturated heterocycles. The molecule has 1 aromatic rings.